The largest absolute Gasteiger partial charge is 0.369 e. The fourth-order valence-electron chi connectivity index (χ4n) is 3.07. The highest BCUT2D eigenvalue weighted by atomic mass is 79.9. The summed E-state index contributed by atoms with van der Waals surface area (Å²) in [6, 6.07) is 5.42. The van der Waals surface area contributed by atoms with Gasteiger partial charge in [0.25, 0.3) is 0 Å². The Morgan fingerprint density at radius 2 is 1.87 bits per heavy atom. The first-order chi connectivity index (χ1) is 11.2. The molecule has 1 aliphatic rings. The maximum Gasteiger partial charge on any atom is 0.169 e. The number of aromatic nitrogens is 3. The van der Waals surface area contributed by atoms with Gasteiger partial charge in [-0.15, -0.1) is 0 Å². The van der Waals surface area contributed by atoms with Gasteiger partial charge >= 0.3 is 0 Å². The minimum absolute atomic E-state index is 0.175. The molecule has 3 heterocycles. The Balaban J connectivity index is 1.69. The number of hydrogen-bond acceptors (Lipinski definition) is 3. The Kier molecular flexibility index (Phi) is 3.77. The predicted molar refractivity (Wildman–Crippen MR) is 92.1 cm³/mol. The van der Waals surface area contributed by atoms with Gasteiger partial charge in [-0.2, -0.15) is 5.10 Å². The molecule has 1 aromatic carbocycles. The van der Waals surface area contributed by atoms with Crippen molar-refractivity contribution in [3.63, 3.8) is 0 Å². The maximum atomic E-state index is 14.5. The average molecular weight is 375 g/mol. The minimum atomic E-state index is -0.175. The number of fused-ring (bicyclic) bond motifs is 1. The van der Waals surface area contributed by atoms with Crippen LogP contribution in [0.2, 0.25) is 0 Å². The Morgan fingerprint density at radius 1 is 1.04 bits per heavy atom. The molecule has 4 nitrogen and oxygen atoms in total. The predicted octanol–water partition coefficient (Wildman–Crippen LogP) is 4.29. The average Bonchev–Trinajstić information content (AvgIpc) is 2.96. The number of hydrogen-bond donors (Lipinski definition) is 0. The molecular weight excluding hydrogens is 359 g/mol. The van der Waals surface area contributed by atoms with Gasteiger partial charge in [-0.1, -0.05) is 6.07 Å². The molecule has 1 saturated heterocycles. The lowest BCUT2D eigenvalue weighted by atomic mass is 10.1. The van der Waals surface area contributed by atoms with Crippen LogP contribution in [0, 0.1) is 5.82 Å². The van der Waals surface area contributed by atoms with Crippen molar-refractivity contribution >= 4 is 27.3 Å². The van der Waals surface area contributed by atoms with E-state index < -0.39 is 0 Å². The molecule has 0 aliphatic carbocycles. The van der Waals surface area contributed by atoms with Crippen molar-refractivity contribution in [2.75, 3.05) is 18.0 Å². The quantitative estimate of drug-likeness (QED) is 0.670. The van der Waals surface area contributed by atoms with E-state index in [-0.39, 0.29) is 5.82 Å². The summed E-state index contributed by atoms with van der Waals surface area (Å²) in [7, 11) is 0. The summed E-state index contributed by atoms with van der Waals surface area (Å²) in [5.41, 5.74) is 3.10. The van der Waals surface area contributed by atoms with Crippen LogP contribution in [0.25, 0.3) is 16.8 Å². The standard InChI is InChI=1S/C17H16BrFN4/c18-14-10-21-23-11-13(9-20-17(14)23)12-4-5-16(15(19)8-12)22-6-2-1-3-7-22/h4-5,8-11H,1-3,6-7H2. The lowest BCUT2D eigenvalue weighted by Gasteiger charge is -2.29. The molecule has 3 aromatic rings. The van der Waals surface area contributed by atoms with Gasteiger partial charge in [-0.25, -0.2) is 13.9 Å². The number of anilines is 1. The van der Waals surface area contributed by atoms with Crippen molar-refractivity contribution in [1.29, 1.82) is 0 Å². The normalized spacial score (nSPS) is 15.3. The van der Waals surface area contributed by atoms with E-state index in [9.17, 15) is 4.39 Å². The molecule has 4 rings (SSSR count). The highest BCUT2D eigenvalue weighted by Gasteiger charge is 2.15. The third-order valence-corrected chi connectivity index (χ3v) is 4.85. The van der Waals surface area contributed by atoms with E-state index in [4.69, 9.17) is 0 Å². The number of benzene rings is 1. The van der Waals surface area contributed by atoms with Gasteiger partial charge in [0.1, 0.15) is 5.82 Å². The molecule has 1 aliphatic heterocycles. The Morgan fingerprint density at radius 3 is 2.65 bits per heavy atom. The van der Waals surface area contributed by atoms with Crippen LogP contribution in [0.5, 0.6) is 0 Å². The first-order valence-electron chi connectivity index (χ1n) is 7.76. The first-order valence-corrected chi connectivity index (χ1v) is 8.55. The molecule has 6 heteroatoms. The second kappa shape index (κ2) is 5.92. The highest BCUT2D eigenvalue weighted by molar-refractivity contribution is 9.10. The monoisotopic (exact) mass is 374 g/mol. The number of piperidine rings is 1. The van der Waals surface area contributed by atoms with Crippen LogP contribution < -0.4 is 4.90 Å². The zero-order valence-electron chi connectivity index (χ0n) is 12.5. The van der Waals surface area contributed by atoms with Crippen LogP contribution in [-0.4, -0.2) is 27.7 Å². The lowest BCUT2D eigenvalue weighted by molar-refractivity contribution is 0.557. The van der Waals surface area contributed by atoms with Crippen LogP contribution >= 0.6 is 15.9 Å². The van der Waals surface area contributed by atoms with E-state index in [2.05, 4.69) is 30.9 Å². The van der Waals surface area contributed by atoms with Crippen molar-refractivity contribution in [3.8, 4) is 11.1 Å². The number of rotatable bonds is 2. The Hall–Kier alpha value is -1.95. The van der Waals surface area contributed by atoms with Gasteiger partial charge in [0.2, 0.25) is 0 Å². The van der Waals surface area contributed by atoms with Gasteiger partial charge in [0.15, 0.2) is 5.65 Å². The third-order valence-electron chi connectivity index (χ3n) is 4.29. The number of nitrogens with zero attached hydrogens (tertiary/aromatic N) is 4. The van der Waals surface area contributed by atoms with Crippen LogP contribution in [0.3, 0.4) is 0 Å². The van der Waals surface area contributed by atoms with E-state index >= 15 is 0 Å². The molecule has 0 spiro atoms. The zero-order valence-corrected chi connectivity index (χ0v) is 14.1. The Labute approximate surface area is 142 Å². The zero-order chi connectivity index (χ0) is 15.8. The Bertz CT molecular complexity index is 855. The van der Waals surface area contributed by atoms with Crippen LogP contribution in [0.15, 0.2) is 41.3 Å². The van der Waals surface area contributed by atoms with Crippen molar-refractivity contribution < 1.29 is 4.39 Å². The lowest BCUT2D eigenvalue weighted by Crippen LogP contribution is -2.30. The molecule has 2 aromatic heterocycles. The smallest absolute Gasteiger partial charge is 0.169 e. The highest BCUT2D eigenvalue weighted by Crippen LogP contribution is 2.28. The van der Waals surface area contributed by atoms with E-state index in [1.807, 2.05) is 18.3 Å². The molecule has 0 radical (unpaired) electrons. The first kappa shape index (κ1) is 14.6. The summed E-state index contributed by atoms with van der Waals surface area (Å²) >= 11 is 3.40. The maximum absolute atomic E-state index is 14.5. The van der Waals surface area contributed by atoms with Crippen molar-refractivity contribution in [1.82, 2.24) is 14.6 Å². The van der Waals surface area contributed by atoms with Crippen LogP contribution in [0.4, 0.5) is 10.1 Å². The van der Waals surface area contributed by atoms with Crippen LogP contribution in [0.1, 0.15) is 19.3 Å². The van der Waals surface area contributed by atoms with Gasteiger partial charge in [-0.05, 0) is 52.9 Å². The molecular formula is C17H16BrFN4. The summed E-state index contributed by atoms with van der Waals surface area (Å²) in [5.74, 6) is -0.175. The molecule has 0 amide bonds. The molecule has 0 N–H and O–H groups in total. The third kappa shape index (κ3) is 2.72. The second-order valence-corrected chi connectivity index (χ2v) is 6.67. The fraction of sp³-hybridized carbons (Fsp3) is 0.294. The van der Waals surface area contributed by atoms with Gasteiger partial charge < -0.3 is 4.90 Å². The minimum Gasteiger partial charge on any atom is -0.369 e. The summed E-state index contributed by atoms with van der Waals surface area (Å²) in [5, 5.41) is 4.22. The van der Waals surface area contributed by atoms with Crippen molar-refractivity contribution in [2.24, 2.45) is 0 Å². The summed E-state index contributed by atoms with van der Waals surface area (Å²) < 4.78 is 17.1. The van der Waals surface area contributed by atoms with Gasteiger partial charge in [0.05, 0.1) is 16.4 Å². The molecule has 23 heavy (non-hydrogen) atoms. The molecule has 118 valence electrons. The van der Waals surface area contributed by atoms with E-state index in [1.165, 1.54) is 6.42 Å². The molecule has 0 bridgehead atoms. The van der Waals surface area contributed by atoms with E-state index in [0.717, 1.165) is 47.2 Å². The fourth-order valence-corrected chi connectivity index (χ4v) is 3.45. The molecule has 0 atom stereocenters. The summed E-state index contributed by atoms with van der Waals surface area (Å²) in [6.07, 6.45) is 8.82. The van der Waals surface area contributed by atoms with E-state index in [1.54, 1.807) is 23.0 Å². The molecule has 1 fully saturated rings. The van der Waals surface area contributed by atoms with Gasteiger partial charge in [0, 0.05) is 31.0 Å². The topological polar surface area (TPSA) is 33.4 Å². The second-order valence-electron chi connectivity index (χ2n) is 5.82. The van der Waals surface area contributed by atoms with Crippen molar-refractivity contribution in [2.45, 2.75) is 19.3 Å². The van der Waals surface area contributed by atoms with E-state index in [0.29, 0.717) is 5.69 Å². The van der Waals surface area contributed by atoms with Crippen LogP contribution in [-0.2, 0) is 0 Å². The molecule has 0 unspecified atom stereocenters. The summed E-state index contributed by atoms with van der Waals surface area (Å²) in [6.45, 7) is 1.87. The van der Waals surface area contributed by atoms with Crippen molar-refractivity contribution in [3.05, 3.63) is 47.1 Å². The SMILES string of the molecule is Fc1cc(-c2cnc3c(Br)cnn3c2)ccc1N1CCCCC1. The number of halogens is 2. The molecule has 0 saturated carbocycles. The summed E-state index contributed by atoms with van der Waals surface area (Å²) in [4.78, 5) is 6.51. The van der Waals surface area contributed by atoms with Gasteiger partial charge in [-0.3, -0.25) is 0 Å².